The number of anilines is 1. The highest BCUT2D eigenvalue weighted by Gasteiger charge is 2.16. The number of pyridine rings is 1. The topological polar surface area (TPSA) is 60.5 Å². The summed E-state index contributed by atoms with van der Waals surface area (Å²) in [7, 11) is 0. The fourth-order valence-electron chi connectivity index (χ4n) is 2.85. The van der Waals surface area contributed by atoms with E-state index >= 15 is 0 Å². The summed E-state index contributed by atoms with van der Waals surface area (Å²) in [5, 5.41) is 5.29. The fourth-order valence-corrected chi connectivity index (χ4v) is 3.74. The first-order chi connectivity index (χ1) is 14.7. The summed E-state index contributed by atoms with van der Waals surface area (Å²) in [5.74, 6) is 1.03. The largest absolute Gasteiger partial charge is 0.493 e. The maximum Gasteiger partial charge on any atom is 0.269 e. The van der Waals surface area contributed by atoms with Crippen LogP contribution in [-0.4, -0.2) is 17.5 Å². The van der Waals surface area contributed by atoms with E-state index in [0.717, 1.165) is 24.2 Å². The molecule has 0 aliphatic heterocycles. The van der Waals surface area contributed by atoms with Crippen molar-refractivity contribution in [2.24, 2.45) is 0 Å². The molecule has 0 radical (unpaired) electrons. The smallest absolute Gasteiger partial charge is 0.269 e. The SMILES string of the molecule is CCCCCCOc1cc(Cl)ccc1COc1ccsc1C(=O)Nc1cccnc1. The van der Waals surface area contributed by atoms with Gasteiger partial charge >= 0.3 is 0 Å². The van der Waals surface area contributed by atoms with Crippen molar-refractivity contribution >= 4 is 34.5 Å². The van der Waals surface area contributed by atoms with E-state index in [1.165, 1.54) is 24.2 Å². The Hall–Kier alpha value is -2.57. The second-order valence-electron chi connectivity index (χ2n) is 6.76. The highest BCUT2D eigenvalue weighted by atomic mass is 35.5. The molecule has 2 heterocycles. The van der Waals surface area contributed by atoms with Crippen molar-refractivity contribution < 1.29 is 14.3 Å². The van der Waals surface area contributed by atoms with Crippen LogP contribution >= 0.6 is 22.9 Å². The molecular weight excluding hydrogens is 420 g/mol. The Morgan fingerprint density at radius 2 is 2.03 bits per heavy atom. The summed E-state index contributed by atoms with van der Waals surface area (Å²) in [6, 6.07) is 10.9. The Bertz CT molecular complexity index is 947. The lowest BCUT2D eigenvalue weighted by molar-refractivity contribution is 0.102. The van der Waals surface area contributed by atoms with Gasteiger partial charge in [0.2, 0.25) is 0 Å². The second kappa shape index (κ2) is 11.6. The quantitative estimate of drug-likeness (QED) is 0.339. The number of amides is 1. The lowest BCUT2D eigenvalue weighted by Gasteiger charge is -2.13. The Morgan fingerprint density at radius 1 is 1.13 bits per heavy atom. The second-order valence-corrected chi connectivity index (χ2v) is 8.11. The van der Waals surface area contributed by atoms with Crippen molar-refractivity contribution in [1.82, 2.24) is 4.98 Å². The number of ether oxygens (including phenoxy) is 2. The van der Waals surface area contributed by atoms with Gasteiger partial charge in [-0.15, -0.1) is 11.3 Å². The Labute approximate surface area is 186 Å². The van der Waals surface area contributed by atoms with E-state index in [-0.39, 0.29) is 12.5 Å². The van der Waals surface area contributed by atoms with Crippen molar-refractivity contribution in [3.05, 3.63) is 69.6 Å². The molecule has 0 fully saturated rings. The van der Waals surface area contributed by atoms with Crippen molar-refractivity contribution in [1.29, 1.82) is 0 Å². The van der Waals surface area contributed by atoms with E-state index in [1.807, 2.05) is 23.6 Å². The molecule has 7 heteroatoms. The van der Waals surface area contributed by atoms with Gasteiger partial charge < -0.3 is 14.8 Å². The van der Waals surface area contributed by atoms with Gasteiger partial charge in [0.15, 0.2) is 0 Å². The molecule has 0 saturated heterocycles. The van der Waals surface area contributed by atoms with Crippen LogP contribution in [0.4, 0.5) is 5.69 Å². The molecule has 0 aliphatic carbocycles. The predicted octanol–water partition coefficient (Wildman–Crippen LogP) is 6.59. The van der Waals surface area contributed by atoms with Gasteiger partial charge in [-0.25, -0.2) is 0 Å². The number of hydrogen-bond acceptors (Lipinski definition) is 5. The minimum Gasteiger partial charge on any atom is -0.493 e. The van der Waals surface area contributed by atoms with Crippen LogP contribution in [0.5, 0.6) is 11.5 Å². The number of thiophene rings is 1. The molecule has 0 spiro atoms. The maximum atomic E-state index is 12.6. The molecule has 0 unspecified atom stereocenters. The van der Waals surface area contributed by atoms with Crippen LogP contribution in [0.15, 0.2) is 54.2 Å². The van der Waals surface area contributed by atoms with Crippen LogP contribution < -0.4 is 14.8 Å². The van der Waals surface area contributed by atoms with E-state index in [2.05, 4.69) is 17.2 Å². The summed E-state index contributed by atoms with van der Waals surface area (Å²) in [6.45, 7) is 3.11. The summed E-state index contributed by atoms with van der Waals surface area (Å²) in [4.78, 5) is 17.1. The molecule has 5 nitrogen and oxygen atoms in total. The summed E-state index contributed by atoms with van der Waals surface area (Å²) < 4.78 is 11.9. The van der Waals surface area contributed by atoms with E-state index in [0.29, 0.717) is 27.9 Å². The van der Waals surface area contributed by atoms with Crippen molar-refractivity contribution in [3.8, 4) is 11.5 Å². The van der Waals surface area contributed by atoms with Crippen LogP contribution in [0.3, 0.4) is 0 Å². The van der Waals surface area contributed by atoms with E-state index in [4.69, 9.17) is 21.1 Å². The molecule has 0 bridgehead atoms. The molecular formula is C23H25ClN2O3S. The van der Waals surface area contributed by atoms with Crippen LogP contribution in [0, 0.1) is 0 Å². The highest BCUT2D eigenvalue weighted by Crippen LogP contribution is 2.29. The number of nitrogens with zero attached hydrogens (tertiary/aromatic N) is 1. The Morgan fingerprint density at radius 3 is 2.83 bits per heavy atom. The average Bonchev–Trinajstić information content (AvgIpc) is 3.22. The molecule has 0 aliphatic rings. The summed E-state index contributed by atoms with van der Waals surface area (Å²) >= 11 is 7.48. The first-order valence-corrected chi connectivity index (χ1v) is 11.3. The molecule has 30 heavy (non-hydrogen) atoms. The lowest BCUT2D eigenvalue weighted by Crippen LogP contribution is -2.12. The first-order valence-electron chi connectivity index (χ1n) is 10.00. The Kier molecular flexibility index (Phi) is 8.53. The zero-order valence-corrected chi connectivity index (χ0v) is 18.5. The van der Waals surface area contributed by atoms with Crippen molar-refractivity contribution in [2.75, 3.05) is 11.9 Å². The molecule has 1 aromatic carbocycles. The van der Waals surface area contributed by atoms with Crippen LogP contribution in [0.1, 0.15) is 47.8 Å². The molecule has 3 rings (SSSR count). The molecule has 0 saturated carbocycles. The minimum absolute atomic E-state index is 0.225. The molecule has 2 aromatic heterocycles. The standard InChI is InChI=1S/C23H25ClN2O3S/c1-2-3-4-5-12-28-21-14-18(24)9-8-17(21)16-29-20-10-13-30-22(20)23(27)26-19-7-6-11-25-15-19/h6-11,13-15H,2-5,12,16H2,1H3,(H,26,27). The fraction of sp³-hybridized carbons (Fsp3) is 0.304. The Balaban J connectivity index is 1.62. The number of carbonyl (C=O) groups excluding carboxylic acids is 1. The third-order valence-electron chi connectivity index (χ3n) is 4.42. The lowest BCUT2D eigenvalue weighted by atomic mass is 10.2. The van der Waals surface area contributed by atoms with Gasteiger partial charge in [-0.3, -0.25) is 9.78 Å². The number of nitrogens with one attached hydrogen (secondary N) is 1. The monoisotopic (exact) mass is 444 g/mol. The van der Waals surface area contributed by atoms with Gasteiger partial charge in [0.1, 0.15) is 23.0 Å². The number of unbranched alkanes of at least 4 members (excludes halogenated alkanes) is 3. The number of rotatable bonds is 11. The summed E-state index contributed by atoms with van der Waals surface area (Å²) in [5.41, 5.74) is 1.53. The van der Waals surface area contributed by atoms with Crippen molar-refractivity contribution in [2.45, 2.75) is 39.2 Å². The van der Waals surface area contributed by atoms with Gasteiger partial charge in [-0.1, -0.05) is 43.9 Å². The zero-order chi connectivity index (χ0) is 21.2. The third kappa shape index (κ3) is 6.47. The van der Waals surface area contributed by atoms with E-state index in [1.54, 1.807) is 30.6 Å². The van der Waals surface area contributed by atoms with Crippen LogP contribution in [0.25, 0.3) is 0 Å². The summed E-state index contributed by atoms with van der Waals surface area (Å²) in [6.07, 6.45) is 7.80. The number of aromatic nitrogens is 1. The number of benzene rings is 1. The maximum absolute atomic E-state index is 12.6. The van der Waals surface area contributed by atoms with E-state index in [9.17, 15) is 4.79 Å². The number of hydrogen-bond donors (Lipinski definition) is 1. The van der Waals surface area contributed by atoms with Gasteiger partial charge in [-0.2, -0.15) is 0 Å². The van der Waals surface area contributed by atoms with Crippen LogP contribution in [-0.2, 0) is 6.61 Å². The molecule has 3 aromatic rings. The number of carbonyl (C=O) groups is 1. The first kappa shape index (κ1) is 22.1. The van der Waals surface area contributed by atoms with Gasteiger partial charge in [0.05, 0.1) is 18.5 Å². The molecule has 1 N–H and O–H groups in total. The van der Waals surface area contributed by atoms with E-state index < -0.39 is 0 Å². The molecule has 0 atom stereocenters. The van der Waals surface area contributed by atoms with Gasteiger partial charge in [0, 0.05) is 16.8 Å². The van der Waals surface area contributed by atoms with Crippen LogP contribution in [0.2, 0.25) is 5.02 Å². The zero-order valence-electron chi connectivity index (χ0n) is 16.9. The highest BCUT2D eigenvalue weighted by molar-refractivity contribution is 7.12. The predicted molar refractivity (Wildman–Crippen MR) is 122 cm³/mol. The van der Waals surface area contributed by atoms with Gasteiger partial charge in [-0.05, 0) is 42.1 Å². The van der Waals surface area contributed by atoms with Gasteiger partial charge in [0.25, 0.3) is 5.91 Å². The molecule has 1 amide bonds. The minimum atomic E-state index is -0.225. The molecule has 158 valence electrons. The third-order valence-corrected chi connectivity index (χ3v) is 5.55. The average molecular weight is 445 g/mol. The number of halogens is 1. The van der Waals surface area contributed by atoms with Crippen molar-refractivity contribution in [3.63, 3.8) is 0 Å². The normalized spacial score (nSPS) is 10.6.